The molecular formula is C13H28N2O. The molecular weight excluding hydrogens is 200 g/mol. The van der Waals surface area contributed by atoms with E-state index in [0.29, 0.717) is 6.10 Å². The van der Waals surface area contributed by atoms with E-state index in [1.165, 1.54) is 19.3 Å². The molecule has 0 radical (unpaired) electrons. The van der Waals surface area contributed by atoms with Crippen molar-refractivity contribution in [1.82, 2.24) is 4.90 Å². The van der Waals surface area contributed by atoms with Crippen molar-refractivity contribution in [3.63, 3.8) is 0 Å². The van der Waals surface area contributed by atoms with Gasteiger partial charge in [-0.05, 0) is 44.3 Å². The van der Waals surface area contributed by atoms with Crippen molar-refractivity contribution in [2.24, 2.45) is 11.1 Å². The molecule has 1 saturated heterocycles. The fraction of sp³-hybridized carbons (Fsp3) is 1.00. The molecule has 1 unspecified atom stereocenters. The summed E-state index contributed by atoms with van der Waals surface area (Å²) in [4.78, 5) is 2.49. The lowest BCUT2D eigenvalue weighted by Crippen LogP contribution is -2.36. The molecule has 1 rings (SSSR count). The molecule has 0 aromatic rings. The second-order valence-corrected chi connectivity index (χ2v) is 5.65. The van der Waals surface area contributed by atoms with E-state index in [-0.39, 0.29) is 5.41 Å². The standard InChI is InChI=1S/C13H28N2O/c1-4-15(8-7-13(2,3)11-14)10-12-6-5-9-16-12/h12H,4-11,14H2,1-3H3. The van der Waals surface area contributed by atoms with Crippen LogP contribution >= 0.6 is 0 Å². The zero-order chi connectivity index (χ0) is 12.0. The van der Waals surface area contributed by atoms with Crippen LogP contribution < -0.4 is 5.73 Å². The van der Waals surface area contributed by atoms with E-state index in [1.807, 2.05) is 0 Å². The average molecular weight is 228 g/mol. The van der Waals surface area contributed by atoms with Gasteiger partial charge in [-0.1, -0.05) is 20.8 Å². The number of hydrogen-bond donors (Lipinski definition) is 1. The van der Waals surface area contributed by atoms with Gasteiger partial charge in [0.25, 0.3) is 0 Å². The van der Waals surface area contributed by atoms with Gasteiger partial charge in [-0.25, -0.2) is 0 Å². The largest absolute Gasteiger partial charge is 0.377 e. The molecule has 0 bridgehead atoms. The molecule has 3 heteroatoms. The third kappa shape index (κ3) is 4.81. The summed E-state index contributed by atoms with van der Waals surface area (Å²) in [7, 11) is 0. The van der Waals surface area contributed by atoms with E-state index in [9.17, 15) is 0 Å². The van der Waals surface area contributed by atoms with Gasteiger partial charge in [-0.15, -0.1) is 0 Å². The van der Waals surface area contributed by atoms with Gasteiger partial charge >= 0.3 is 0 Å². The highest BCUT2D eigenvalue weighted by molar-refractivity contribution is 4.74. The summed E-state index contributed by atoms with van der Waals surface area (Å²) in [5, 5.41) is 0. The summed E-state index contributed by atoms with van der Waals surface area (Å²) in [5.74, 6) is 0. The average Bonchev–Trinajstić information content (AvgIpc) is 2.77. The molecule has 0 aliphatic carbocycles. The highest BCUT2D eigenvalue weighted by Gasteiger charge is 2.21. The summed E-state index contributed by atoms with van der Waals surface area (Å²) in [6.07, 6.45) is 4.11. The second-order valence-electron chi connectivity index (χ2n) is 5.65. The van der Waals surface area contributed by atoms with Gasteiger partial charge in [-0.2, -0.15) is 0 Å². The molecule has 1 heterocycles. The summed E-state index contributed by atoms with van der Waals surface area (Å²) >= 11 is 0. The van der Waals surface area contributed by atoms with Crippen LogP contribution in [0.1, 0.15) is 40.0 Å². The van der Waals surface area contributed by atoms with Gasteiger partial charge in [-0.3, -0.25) is 0 Å². The molecule has 96 valence electrons. The van der Waals surface area contributed by atoms with Gasteiger partial charge in [0, 0.05) is 13.2 Å². The number of nitrogens with zero attached hydrogens (tertiary/aromatic N) is 1. The van der Waals surface area contributed by atoms with Crippen molar-refractivity contribution in [1.29, 1.82) is 0 Å². The van der Waals surface area contributed by atoms with Crippen LogP contribution in [0.3, 0.4) is 0 Å². The van der Waals surface area contributed by atoms with Crippen LogP contribution in [0.25, 0.3) is 0 Å². The molecule has 0 spiro atoms. The van der Waals surface area contributed by atoms with E-state index in [2.05, 4.69) is 25.7 Å². The van der Waals surface area contributed by atoms with Crippen LogP contribution in [0.4, 0.5) is 0 Å². The molecule has 0 aromatic carbocycles. The monoisotopic (exact) mass is 228 g/mol. The SMILES string of the molecule is CCN(CCC(C)(C)CN)CC1CCCO1. The normalized spacial score (nSPS) is 21.9. The summed E-state index contributed by atoms with van der Waals surface area (Å²) in [6.45, 7) is 11.8. The van der Waals surface area contributed by atoms with Crippen molar-refractivity contribution in [3.8, 4) is 0 Å². The Balaban J connectivity index is 2.25. The smallest absolute Gasteiger partial charge is 0.0702 e. The summed E-state index contributed by atoms with van der Waals surface area (Å²) < 4.78 is 5.68. The molecule has 3 nitrogen and oxygen atoms in total. The number of rotatable bonds is 7. The van der Waals surface area contributed by atoms with Crippen molar-refractivity contribution in [3.05, 3.63) is 0 Å². The maximum atomic E-state index is 5.75. The van der Waals surface area contributed by atoms with Gasteiger partial charge in [0.15, 0.2) is 0 Å². The van der Waals surface area contributed by atoms with E-state index in [0.717, 1.165) is 32.8 Å². The molecule has 16 heavy (non-hydrogen) atoms. The highest BCUT2D eigenvalue weighted by atomic mass is 16.5. The molecule has 1 atom stereocenters. The fourth-order valence-corrected chi connectivity index (χ4v) is 2.02. The second kappa shape index (κ2) is 6.58. The lowest BCUT2D eigenvalue weighted by Gasteiger charge is -2.29. The van der Waals surface area contributed by atoms with E-state index in [4.69, 9.17) is 10.5 Å². The maximum Gasteiger partial charge on any atom is 0.0702 e. The van der Waals surface area contributed by atoms with Crippen LogP contribution in [-0.4, -0.2) is 43.8 Å². The Morgan fingerprint density at radius 1 is 1.44 bits per heavy atom. The molecule has 0 saturated carbocycles. The Morgan fingerprint density at radius 3 is 2.69 bits per heavy atom. The number of nitrogens with two attached hydrogens (primary N) is 1. The molecule has 0 aromatic heterocycles. The molecule has 1 fully saturated rings. The Kier molecular flexibility index (Phi) is 5.73. The topological polar surface area (TPSA) is 38.5 Å². The first-order valence-corrected chi connectivity index (χ1v) is 6.61. The predicted octanol–water partition coefficient (Wildman–Crippen LogP) is 1.86. The van der Waals surface area contributed by atoms with Gasteiger partial charge in [0.05, 0.1) is 6.10 Å². The predicted molar refractivity (Wildman–Crippen MR) is 68.5 cm³/mol. The van der Waals surface area contributed by atoms with Crippen LogP contribution in [-0.2, 0) is 4.74 Å². The van der Waals surface area contributed by atoms with Crippen LogP contribution in [0.5, 0.6) is 0 Å². The Bertz CT molecular complexity index is 188. The highest BCUT2D eigenvalue weighted by Crippen LogP contribution is 2.19. The summed E-state index contributed by atoms with van der Waals surface area (Å²) in [5.41, 5.74) is 6.02. The maximum absolute atomic E-state index is 5.75. The zero-order valence-corrected chi connectivity index (χ0v) is 11.2. The minimum atomic E-state index is 0.268. The molecule has 2 N–H and O–H groups in total. The molecule has 0 amide bonds. The minimum Gasteiger partial charge on any atom is -0.377 e. The number of likely N-dealkylation sites (N-methyl/N-ethyl adjacent to an activating group) is 1. The Labute approximate surface area is 100 Å². The Morgan fingerprint density at radius 2 is 2.19 bits per heavy atom. The first-order valence-electron chi connectivity index (χ1n) is 6.61. The van der Waals surface area contributed by atoms with E-state index >= 15 is 0 Å². The lowest BCUT2D eigenvalue weighted by atomic mass is 9.89. The third-order valence-electron chi connectivity index (χ3n) is 3.59. The van der Waals surface area contributed by atoms with Crippen LogP contribution in [0.15, 0.2) is 0 Å². The van der Waals surface area contributed by atoms with Crippen molar-refractivity contribution >= 4 is 0 Å². The van der Waals surface area contributed by atoms with E-state index < -0.39 is 0 Å². The van der Waals surface area contributed by atoms with Crippen molar-refractivity contribution in [2.45, 2.75) is 46.1 Å². The minimum absolute atomic E-state index is 0.268. The first-order chi connectivity index (χ1) is 7.57. The fourth-order valence-electron chi connectivity index (χ4n) is 2.02. The Hall–Kier alpha value is -0.120. The quantitative estimate of drug-likeness (QED) is 0.723. The number of hydrogen-bond acceptors (Lipinski definition) is 3. The van der Waals surface area contributed by atoms with Crippen LogP contribution in [0, 0.1) is 5.41 Å². The first kappa shape index (κ1) is 13.9. The van der Waals surface area contributed by atoms with Gasteiger partial charge in [0.2, 0.25) is 0 Å². The molecule has 1 aliphatic heterocycles. The molecule has 1 aliphatic rings. The summed E-state index contributed by atoms with van der Waals surface area (Å²) in [6, 6.07) is 0. The van der Waals surface area contributed by atoms with Crippen molar-refractivity contribution < 1.29 is 4.74 Å². The van der Waals surface area contributed by atoms with Crippen molar-refractivity contribution in [2.75, 3.05) is 32.8 Å². The zero-order valence-electron chi connectivity index (χ0n) is 11.2. The lowest BCUT2D eigenvalue weighted by molar-refractivity contribution is 0.0708. The van der Waals surface area contributed by atoms with Gasteiger partial charge in [0.1, 0.15) is 0 Å². The third-order valence-corrected chi connectivity index (χ3v) is 3.59. The van der Waals surface area contributed by atoms with Crippen LogP contribution in [0.2, 0.25) is 0 Å². The van der Waals surface area contributed by atoms with E-state index in [1.54, 1.807) is 0 Å². The number of ether oxygens (including phenoxy) is 1. The van der Waals surface area contributed by atoms with Gasteiger partial charge < -0.3 is 15.4 Å².